The summed E-state index contributed by atoms with van der Waals surface area (Å²) < 4.78 is 24.7. The van der Waals surface area contributed by atoms with Gasteiger partial charge in [-0.2, -0.15) is 4.98 Å². The van der Waals surface area contributed by atoms with Gasteiger partial charge in [0.15, 0.2) is 18.2 Å². The Kier molecular flexibility index (Phi) is 3.96. The molecule has 6 heteroatoms. The molecule has 0 unspecified atom stereocenters. The molecular formula is C15H10BrFN2O2. The molecule has 0 amide bonds. The Labute approximate surface area is 128 Å². The SMILES string of the molecule is Fc1ccccc1OCc1nc(-c2cccc(Br)c2)no1. The molecule has 0 aliphatic rings. The smallest absolute Gasteiger partial charge is 0.264 e. The largest absolute Gasteiger partial charge is 0.481 e. The van der Waals surface area contributed by atoms with Crippen LogP contribution in [0.2, 0.25) is 0 Å². The normalized spacial score (nSPS) is 10.6. The number of halogens is 2. The van der Waals surface area contributed by atoms with Crippen LogP contribution in [0.25, 0.3) is 11.4 Å². The van der Waals surface area contributed by atoms with Crippen LogP contribution >= 0.6 is 15.9 Å². The predicted octanol–water partition coefficient (Wildman–Crippen LogP) is 4.22. The van der Waals surface area contributed by atoms with Crippen molar-refractivity contribution in [1.82, 2.24) is 10.1 Å². The highest BCUT2D eigenvalue weighted by molar-refractivity contribution is 9.10. The van der Waals surface area contributed by atoms with Crippen LogP contribution in [0.3, 0.4) is 0 Å². The Balaban J connectivity index is 1.72. The van der Waals surface area contributed by atoms with Crippen molar-refractivity contribution >= 4 is 15.9 Å². The maximum Gasteiger partial charge on any atom is 0.264 e. The summed E-state index contributed by atoms with van der Waals surface area (Å²) in [6.45, 7) is 0.0158. The van der Waals surface area contributed by atoms with Gasteiger partial charge in [-0.25, -0.2) is 4.39 Å². The van der Waals surface area contributed by atoms with E-state index in [4.69, 9.17) is 9.26 Å². The van der Waals surface area contributed by atoms with Crippen LogP contribution in [0.1, 0.15) is 5.89 Å². The van der Waals surface area contributed by atoms with Gasteiger partial charge in [-0.15, -0.1) is 0 Å². The molecule has 0 radical (unpaired) electrons. The molecule has 0 fully saturated rings. The summed E-state index contributed by atoms with van der Waals surface area (Å²) in [5.41, 5.74) is 0.824. The molecule has 2 aromatic carbocycles. The lowest BCUT2D eigenvalue weighted by Crippen LogP contribution is -1.97. The van der Waals surface area contributed by atoms with Gasteiger partial charge in [-0.05, 0) is 24.3 Å². The van der Waals surface area contributed by atoms with Crippen molar-refractivity contribution in [2.75, 3.05) is 0 Å². The fourth-order valence-electron chi connectivity index (χ4n) is 1.76. The molecule has 0 N–H and O–H groups in total. The zero-order valence-corrected chi connectivity index (χ0v) is 12.4. The van der Waals surface area contributed by atoms with Gasteiger partial charge in [0, 0.05) is 10.0 Å². The summed E-state index contributed by atoms with van der Waals surface area (Å²) in [5, 5.41) is 3.88. The number of hydrogen-bond donors (Lipinski definition) is 0. The Bertz CT molecular complexity index is 761. The van der Waals surface area contributed by atoms with Gasteiger partial charge in [0.2, 0.25) is 5.82 Å². The van der Waals surface area contributed by atoms with Gasteiger partial charge in [0.25, 0.3) is 5.89 Å². The second kappa shape index (κ2) is 6.05. The molecule has 0 saturated heterocycles. The van der Waals surface area contributed by atoms with E-state index in [1.54, 1.807) is 18.2 Å². The fraction of sp³-hybridized carbons (Fsp3) is 0.0667. The van der Waals surface area contributed by atoms with Gasteiger partial charge in [-0.3, -0.25) is 0 Å². The second-order valence-corrected chi connectivity index (χ2v) is 5.16. The highest BCUT2D eigenvalue weighted by atomic mass is 79.9. The third-order valence-corrected chi connectivity index (χ3v) is 3.23. The van der Waals surface area contributed by atoms with Crippen molar-refractivity contribution in [3.05, 3.63) is 64.7 Å². The maximum atomic E-state index is 13.4. The molecule has 0 aliphatic carbocycles. The maximum absolute atomic E-state index is 13.4. The number of nitrogens with zero attached hydrogens (tertiary/aromatic N) is 2. The Hall–Kier alpha value is -2.21. The van der Waals surface area contributed by atoms with Crippen LogP contribution < -0.4 is 4.74 Å². The summed E-state index contributed by atoms with van der Waals surface area (Å²) in [5.74, 6) is 0.473. The highest BCUT2D eigenvalue weighted by Gasteiger charge is 2.10. The van der Waals surface area contributed by atoms with Gasteiger partial charge < -0.3 is 9.26 Å². The summed E-state index contributed by atoms with van der Waals surface area (Å²) in [7, 11) is 0. The molecule has 21 heavy (non-hydrogen) atoms. The van der Waals surface area contributed by atoms with Gasteiger partial charge in [0.05, 0.1) is 0 Å². The Morgan fingerprint density at radius 2 is 2.00 bits per heavy atom. The van der Waals surface area contributed by atoms with E-state index >= 15 is 0 Å². The van der Waals surface area contributed by atoms with Gasteiger partial charge in [0.1, 0.15) is 0 Å². The monoisotopic (exact) mass is 348 g/mol. The average Bonchev–Trinajstić information content (AvgIpc) is 2.95. The van der Waals surface area contributed by atoms with Crippen LogP contribution in [0.5, 0.6) is 5.75 Å². The Morgan fingerprint density at radius 1 is 1.14 bits per heavy atom. The van der Waals surface area contributed by atoms with Crippen molar-refractivity contribution in [2.45, 2.75) is 6.61 Å². The van der Waals surface area contributed by atoms with Crippen molar-refractivity contribution < 1.29 is 13.7 Å². The molecule has 0 atom stereocenters. The molecule has 1 heterocycles. The number of aromatic nitrogens is 2. The first-order valence-corrected chi connectivity index (χ1v) is 6.97. The number of benzene rings is 2. The summed E-state index contributed by atoms with van der Waals surface area (Å²) in [6.07, 6.45) is 0. The minimum Gasteiger partial charge on any atom is -0.481 e. The second-order valence-electron chi connectivity index (χ2n) is 4.24. The topological polar surface area (TPSA) is 48.2 Å². The van der Waals surface area contributed by atoms with Crippen LogP contribution in [0.15, 0.2) is 57.5 Å². The first-order valence-electron chi connectivity index (χ1n) is 6.18. The standard InChI is InChI=1S/C15H10BrFN2O2/c16-11-5-3-4-10(8-11)15-18-14(21-19-15)9-20-13-7-2-1-6-12(13)17/h1-8H,9H2. The van der Waals surface area contributed by atoms with Gasteiger partial charge in [-0.1, -0.05) is 45.4 Å². The van der Waals surface area contributed by atoms with E-state index in [2.05, 4.69) is 26.1 Å². The van der Waals surface area contributed by atoms with E-state index in [0.29, 0.717) is 5.82 Å². The molecular weight excluding hydrogens is 339 g/mol. The first-order chi connectivity index (χ1) is 10.2. The molecule has 0 aliphatic heterocycles. The molecule has 3 aromatic rings. The predicted molar refractivity (Wildman–Crippen MR) is 78.2 cm³/mol. The minimum absolute atomic E-state index is 0.0158. The van der Waals surface area contributed by atoms with Crippen molar-refractivity contribution in [3.8, 4) is 17.1 Å². The number of ether oxygens (including phenoxy) is 1. The summed E-state index contributed by atoms with van der Waals surface area (Å²) in [6, 6.07) is 13.7. The lowest BCUT2D eigenvalue weighted by molar-refractivity contribution is 0.234. The van der Waals surface area contributed by atoms with E-state index in [-0.39, 0.29) is 18.2 Å². The third kappa shape index (κ3) is 3.28. The molecule has 0 spiro atoms. The zero-order chi connectivity index (χ0) is 14.7. The van der Waals surface area contributed by atoms with Crippen molar-refractivity contribution in [2.24, 2.45) is 0 Å². The fourth-order valence-corrected chi connectivity index (χ4v) is 2.16. The van der Waals surface area contributed by atoms with Crippen LogP contribution in [0.4, 0.5) is 4.39 Å². The highest BCUT2D eigenvalue weighted by Crippen LogP contribution is 2.21. The summed E-state index contributed by atoms with van der Waals surface area (Å²) in [4.78, 5) is 4.22. The molecule has 1 aromatic heterocycles. The van der Waals surface area contributed by atoms with E-state index in [1.165, 1.54) is 6.07 Å². The number of para-hydroxylation sites is 1. The Morgan fingerprint density at radius 3 is 2.81 bits per heavy atom. The zero-order valence-electron chi connectivity index (χ0n) is 10.8. The molecule has 106 valence electrons. The molecule has 3 rings (SSSR count). The minimum atomic E-state index is -0.427. The molecule has 0 saturated carbocycles. The van der Waals surface area contributed by atoms with Crippen molar-refractivity contribution in [3.63, 3.8) is 0 Å². The quantitative estimate of drug-likeness (QED) is 0.708. The van der Waals surface area contributed by atoms with Gasteiger partial charge >= 0.3 is 0 Å². The van der Waals surface area contributed by atoms with E-state index in [1.807, 2.05) is 24.3 Å². The average molecular weight is 349 g/mol. The van der Waals surface area contributed by atoms with Crippen LogP contribution in [0, 0.1) is 5.82 Å². The van der Waals surface area contributed by atoms with Crippen LogP contribution in [-0.4, -0.2) is 10.1 Å². The number of rotatable bonds is 4. The first kappa shape index (κ1) is 13.8. The van der Waals surface area contributed by atoms with Crippen LogP contribution in [-0.2, 0) is 6.61 Å². The van der Waals surface area contributed by atoms with Crippen molar-refractivity contribution in [1.29, 1.82) is 0 Å². The van der Waals surface area contributed by atoms with E-state index < -0.39 is 5.82 Å². The molecule has 4 nitrogen and oxygen atoms in total. The number of hydrogen-bond acceptors (Lipinski definition) is 4. The third-order valence-electron chi connectivity index (χ3n) is 2.74. The van der Waals surface area contributed by atoms with E-state index in [9.17, 15) is 4.39 Å². The summed E-state index contributed by atoms with van der Waals surface area (Å²) >= 11 is 3.38. The lowest BCUT2D eigenvalue weighted by Gasteiger charge is -2.03. The van der Waals surface area contributed by atoms with E-state index in [0.717, 1.165) is 10.0 Å². The lowest BCUT2D eigenvalue weighted by atomic mass is 10.2. The molecule has 0 bridgehead atoms.